The molecule has 2 aromatic rings. The molecule has 1 saturated carbocycles. The molecule has 1 aliphatic carbocycles. The van der Waals surface area contributed by atoms with Gasteiger partial charge in [-0.2, -0.15) is 0 Å². The number of halogens is 1. The summed E-state index contributed by atoms with van der Waals surface area (Å²) in [5, 5.41) is 3.81. The molecule has 0 aromatic heterocycles. The number of likely N-dealkylation sites (tertiary alicyclic amines) is 1. The molecule has 0 radical (unpaired) electrons. The summed E-state index contributed by atoms with van der Waals surface area (Å²) in [6, 6.07) is 16.2. The Morgan fingerprint density at radius 1 is 1.09 bits per heavy atom. The Balaban J connectivity index is 1.31. The summed E-state index contributed by atoms with van der Waals surface area (Å²) in [5.74, 6) is 0.879. The van der Waals surface area contributed by atoms with Crippen molar-refractivity contribution in [2.24, 2.45) is 0 Å². The highest BCUT2D eigenvalue weighted by atomic mass is 35.5. The average Bonchev–Trinajstić information content (AvgIpc) is 3.30. The number of hydrogen-bond donors (Lipinski definition) is 1. The van der Waals surface area contributed by atoms with E-state index in [0.717, 1.165) is 55.6 Å². The van der Waals surface area contributed by atoms with Gasteiger partial charge in [-0.15, -0.1) is 0 Å². The van der Waals surface area contributed by atoms with E-state index < -0.39 is 5.41 Å². The number of ether oxygens (including phenoxy) is 1. The Kier molecular flexibility index (Phi) is 7.75. The molecular formula is C27H35ClN2O2. The standard InChI is InChI=1S/C27H35ClN2O2/c1-21-9-4-7-18-30(21)19-8-20-32-23-14-12-22(13-15-23)29-26(31)27(16-5-6-17-27)24-10-2-3-11-25(24)28/h2-3,10-15,21H,4-9,16-20H2,1H3,(H,29,31)/t21-/m1/s1. The number of nitrogens with zero attached hydrogens (tertiary/aromatic N) is 1. The van der Waals surface area contributed by atoms with E-state index in [-0.39, 0.29) is 5.91 Å². The molecular weight excluding hydrogens is 420 g/mol. The quantitative estimate of drug-likeness (QED) is 0.467. The van der Waals surface area contributed by atoms with Crippen LogP contribution in [0.25, 0.3) is 0 Å². The summed E-state index contributed by atoms with van der Waals surface area (Å²) in [4.78, 5) is 15.9. The maximum absolute atomic E-state index is 13.4. The first-order valence-corrected chi connectivity index (χ1v) is 12.5. The minimum Gasteiger partial charge on any atom is -0.494 e. The second kappa shape index (κ2) is 10.7. The van der Waals surface area contributed by atoms with Gasteiger partial charge in [0.1, 0.15) is 5.75 Å². The molecule has 172 valence electrons. The van der Waals surface area contributed by atoms with Crippen molar-refractivity contribution in [1.82, 2.24) is 4.90 Å². The van der Waals surface area contributed by atoms with E-state index in [2.05, 4.69) is 17.1 Å². The Bertz CT molecular complexity index is 893. The molecule has 1 heterocycles. The molecule has 1 N–H and O–H groups in total. The molecule has 2 aliphatic rings. The number of piperidine rings is 1. The van der Waals surface area contributed by atoms with Gasteiger partial charge in [-0.05, 0) is 81.5 Å². The predicted molar refractivity (Wildman–Crippen MR) is 132 cm³/mol. The molecule has 1 amide bonds. The van der Waals surface area contributed by atoms with Gasteiger partial charge in [-0.25, -0.2) is 0 Å². The van der Waals surface area contributed by atoms with Gasteiger partial charge in [-0.1, -0.05) is 49.1 Å². The van der Waals surface area contributed by atoms with Crippen LogP contribution in [0.5, 0.6) is 5.75 Å². The van der Waals surface area contributed by atoms with Gasteiger partial charge in [0.2, 0.25) is 5.91 Å². The molecule has 1 saturated heterocycles. The van der Waals surface area contributed by atoms with Gasteiger partial charge in [0.25, 0.3) is 0 Å². The molecule has 1 aliphatic heterocycles. The van der Waals surface area contributed by atoms with Crippen LogP contribution < -0.4 is 10.1 Å². The highest BCUT2D eigenvalue weighted by molar-refractivity contribution is 6.31. The molecule has 5 heteroatoms. The molecule has 2 aromatic carbocycles. The number of hydrogen-bond acceptors (Lipinski definition) is 3. The second-order valence-electron chi connectivity index (χ2n) is 9.33. The molecule has 4 nitrogen and oxygen atoms in total. The van der Waals surface area contributed by atoms with Crippen molar-refractivity contribution in [3.05, 3.63) is 59.1 Å². The van der Waals surface area contributed by atoms with Crippen LogP contribution >= 0.6 is 11.6 Å². The van der Waals surface area contributed by atoms with Crippen LogP contribution in [0, 0.1) is 0 Å². The van der Waals surface area contributed by atoms with E-state index in [1.165, 1.54) is 25.8 Å². The summed E-state index contributed by atoms with van der Waals surface area (Å²) in [6.45, 7) is 5.35. The second-order valence-corrected chi connectivity index (χ2v) is 9.74. The zero-order chi connectivity index (χ0) is 22.4. The zero-order valence-corrected chi connectivity index (χ0v) is 19.9. The maximum atomic E-state index is 13.4. The molecule has 0 bridgehead atoms. The van der Waals surface area contributed by atoms with Crippen molar-refractivity contribution >= 4 is 23.2 Å². The van der Waals surface area contributed by atoms with Crippen LogP contribution in [0.15, 0.2) is 48.5 Å². The average molecular weight is 455 g/mol. The van der Waals surface area contributed by atoms with E-state index >= 15 is 0 Å². The van der Waals surface area contributed by atoms with Crippen LogP contribution in [0.4, 0.5) is 5.69 Å². The van der Waals surface area contributed by atoms with Gasteiger partial charge in [0, 0.05) is 23.3 Å². The van der Waals surface area contributed by atoms with Crippen molar-refractivity contribution in [3.8, 4) is 5.75 Å². The van der Waals surface area contributed by atoms with E-state index in [9.17, 15) is 4.79 Å². The molecule has 4 rings (SSSR count). The highest BCUT2D eigenvalue weighted by Gasteiger charge is 2.43. The first kappa shape index (κ1) is 23.1. The fourth-order valence-corrected chi connectivity index (χ4v) is 5.60. The van der Waals surface area contributed by atoms with Crippen LogP contribution in [-0.2, 0) is 10.2 Å². The number of amides is 1. The number of nitrogens with one attached hydrogen (secondary N) is 1. The lowest BCUT2D eigenvalue weighted by molar-refractivity contribution is -0.121. The fraction of sp³-hybridized carbons (Fsp3) is 0.519. The smallest absolute Gasteiger partial charge is 0.235 e. The van der Waals surface area contributed by atoms with Gasteiger partial charge >= 0.3 is 0 Å². The lowest BCUT2D eigenvalue weighted by Crippen LogP contribution is -2.38. The van der Waals surface area contributed by atoms with Gasteiger partial charge < -0.3 is 15.0 Å². The third-order valence-corrected chi connectivity index (χ3v) is 7.52. The van der Waals surface area contributed by atoms with Crippen molar-refractivity contribution in [2.75, 3.05) is 25.0 Å². The number of rotatable bonds is 8. The van der Waals surface area contributed by atoms with Gasteiger partial charge in [0.15, 0.2) is 0 Å². The van der Waals surface area contributed by atoms with Crippen LogP contribution in [0.2, 0.25) is 5.02 Å². The normalized spacial score (nSPS) is 20.8. The summed E-state index contributed by atoms with van der Waals surface area (Å²) in [5.41, 5.74) is 1.20. The first-order valence-electron chi connectivity index (χ1n) is 12.1. The monoisotopic (exact) mass is 454 g/mol. The van der Waals surface area contributed by atoms with E-state index in [0.29, 0.717) is 17.7 Å². The Labute approximate surface area is 197 Å². The summed E-state index contributed by atoms with van der Waals surface area (Å²) in [7, 11) is 0. The van der Waals surface area contributed by atoms with Gasteiger partial charge in [-0.3, -0.25) is 4.79 Å². The molecule has 2 fully saturated rings. The summed E-state index contributed by atoms with van der Waals surface area (Å²) >= 11 is 6.48. The SMILES string of the molecule is C[C@@H]1CCCCN1CCCOc1ccc(NC(=O)C2(c3ccccc3Cl)CCCC2)cc1. The van der Waals surface area contributed by atoms with Crippen molar-refractivity contribution < 1.29 is 9.53 Å². The van der Waals surface area contributed by atoms with E-state index in [1.54, 1.807) is 0 Å². The number of anilines is 1. The fourth-order valence-electron chi connectivity index (χ4n) is 5.28. The molecule has 0 spiro atoms. The summed E-state index contributed by atoms with van der Waals surface area (Å²) < 4.78 is 5.94. The number of carbonyl (C=O) groups excluding carboxylic acids is 1. The highest BCUT2D eigenvalue weighted by Crippen LogP contribution is 2.44. The van der Waals surface area contributed by atoms with Crippen LogP contribution in [0.3, 0.4) is 0 Å². The van der Waals surface area contributed by atoms with Crippen molar-refractivity contribution in [2.45, 2.75) is 69.7 Å². The van der Waals surface area contributed by atoms with E-state index in [4.69, 9.17) is 16.3 Å². The third kappa shape index (κ3) is 5.29. The Hall–Kier alpha value is -2.04. The number of carbonyl (C=O) groups is 1. The zero-order valence-electron chi connectivity index (χ0n) is 19.1. The first-order chi connectivity index (χ1) is 15.6. The van der Waals surface area contributed by atoms with Crippen molar-refractivity contribution in [1.29, 1.82) is 0 Å². The largest absolute Gasteiger partial charge is 0.494 e. The minimum absolute atomic E-state index is 0.0346. The molecule has 1 atom stereocenters. The van der Waals surface area contributed by atoms with Crippen LogP contribution in [0.1, 0.15) is 63.9 Å². The maximum Gasteiger partial charge on any atom is 0.235 e. The topological polar surface area (TPSA) is 41.6 Å². The number of benzene rings is 2. The van der Waals surface area contributed by atoms with E-state index in [1.807, 2.05) is 48.5 Å². The predicted octanol–water partition coefficient (Wildman–Crippen LogP) is 6.43. The lowest BCUT2D eigenvalue weighted by Gasteiger charge is -2.33. The molecule has 32 heavy (non-hydrogen) atoms. The Morgan fingerprint density at radius 2 is 1.84 bits per heavy atom. The van der Waals surface area contributed by atoms with Gasteiger partial charge in [0.05, 0.1) is 12.0 Å². The Morgan fingerprint density at radius 3 is 2.56 bits per heavy atom. The summed E-state index contributed by atoms with van der Waals surface area (Å²) in [6.07, 6.45) is 8.77. The van der Waals surface area contributed by atoms with Crippen molar-refractivity contribution in [3.63, 3.8) is 0 Å². The molecule has 0 unspecified atom stereocenters. The lowest BCUT2D eigenvalue weighted by atomic mass is 9.78. The minimum atomic E-state index is -0.543. The van der Waals surface area contributed by atoms with Crippen LogP contribution in [-0.4, -0.2) is 36.5 Å². The third-order valence-electron chi connectivity index (χ3n) is 7.19.